The van der Waals surface area contributed by atoms with E-state index >= 15 is 0 Å². The summed E-state index contributed by atoms with van der Waals surface area (Å²) < 4.78 is 0. The van der Waals surface area contributed by atoms with E-state index in [1.807, 2.05) is 0 Å². The Hall–Kier alpha value is -2.11. The highest BCUT2D eigenvalue weighted by atomic mass is 16.6. The summed E-state index contributed by atoms with van der Waals surface area (Å²) in [4.78, 5) is 25.6. The second kappa shape index (κ2) is 5.26. The van der Waals surface area contributed by atoms with Crippen LogP contribution in [0.3, 0.4) is 0 Å². The van der Waals surface area contributed by atoms with E-state index in [4.69, 9.17) is 0 Å². The number of rotatable bonds is 4. The van der Waals surface area contributed by atoms with Gasteiger partial charge >= 0.3 is 0 Å². The number of benzene rings is 1. The predicted molar refractivity (Wildman–Crippen MR) is 72.3 cm³/mol. The number of carbonyl (C=O) groups is 1. The fourth-order valence-electron chi connectivity index (χ4n) is 2.26. The molecule has 1 aromatic rings. The first-order valence-corrected chi connectivity index (χ1v) is 6.21. The molecule has 1 amide bonds. The first kappa shape index (κ1) is 13.3. The zero-order valence-corrected chi connectivity index (χ0v) is 11.1. The third-order valence-corrected chi connectivity index (χ3v) is 3.36. The molecule has 6 heteroatoms. The van der Waals surface area contributed by atoms with Crippen molar-refractivity contribution in [3.63, 3.8) is 0 Å². The molecule has 1 aliphatic heterocycles. The molecule has 102 valence electrons. The van der Waals surface area contributed by atoms with Gasteiger partial charge in [0.05, 0.1) is 4.92 Å². The van der Waals surface area contributed by atoms with E-state index in [0.29, 0.717) is 13.0 Å². The quantitative estimate of drug-likeness (QED) is 0.609. The van der Waals surface area contributed by atoms with Gasteiger partial charge in [-0.15, -0.1) is 0 Å². The number of nitro groups is 1. The zero-order valence-electron chi connectivity index (χ0n) is 11.1. The second-order valence-corrected chi connectivity index (χ2v) is 4.85. The van der Waals surface area contributed by atoms with Gasteiger partial charge in [0.15, 0.2) is 0 Å². The number of nitrogens with zero attached hydrogens (tertiary/aromatic N) is 3. The second-order valence-electron chi connectivity index (χ2n) is 4.85. The molecule has 1 aliphatic rings. The van der Waals surface area contributed by atoms with Crippen molar-refractivity contribution in [2.24, 2.45) is 0 Å². The number of hydrogen-bond donors (Lipinski definition) is 0. The number of carbonyl (C=O) groups excluding carboxylic acids is 1. The van der Waals surface area contributed by atoms with Crippen molar-refractivity contribution in [3.05, 3.63) is 33.9 Å². The number of hydrogen-bond acceptors (Lipinski definition) is 4. The van der Waals surface area contributed by atoms with Crippen LogP contribution in [0.4, 0.5) is 11.4 Å². The Morgan fingerprint density at radius 1 is 1.47 bits per heavy atom. The maximum atomic E-state index is 11.6. The third-order valence-electron chi connectivity index (χ3n) is 3.36. The molecule has 1 heterocycles. The summed E-state index contributed by atoms with van der Waals surface area (Å²) in [6.07, 6.45) is 1.26. The molecule has 0 spiro atoms. The number of anilines is 1. The monoisotopic (exact) mass is 263 g/mol. The molecular weight excluding hydrogens is 246 g/mol. The summed E-state index contributed by atoms with van der Waals surface area (Å²) in [5, 5.41) is 10.7. The molecule has 0 radical (unpaired) electrons. The average Bonchev–Trinajstić information content (AvgIpc) is 2.77. The Morgan fingerprint density at radius 3 is 2.84 bits per heavy atom. The molecule has 0 aliphatic carbocycles. The van der Waals surface area contributed by atoms with Crippen LogP contribution in [-0.2, 0) is 11.2 Å². The van der Waals surface area contributed by atoms with Gasteiger partial charge in [0, 0.05) is 51.4 Å². The van der Waals surface area contributed by atoms with Crippen molar-refractivity contribution in [2.75, 3.05) is 32.1 Å². The normalized spacial score (nSPS) is 13.3. The van der Waals surface area contributed by atoms with Gasteiger partial charge in [0.25, 0.3) is 5.69 Å². The highest BCUT2D eigenvalue weighted by Crippen LogP contribution is 2.31. The molecule has 0 saturated carbocycles. The standard InChI is InChI=1S/C13H17N3O3/c1-14(2)13(17)6-8-15-7-5-10-9-11(16(18)19)3-4-12(10)15/h3-4,9H,5-8H2,1-2H3. The highest BCUT2D eigenvalue weighted by molar-refractivity contribution is 5.76. The summed E-state index contributed by atoms with van der Waals surface area (Å²) in [5.74, 6) is 0.0929. The van der Waals surface area contributed by atoms with E-state index in [1.165, 1.54) is 6.07 Å². The summed E-state index contributed by atoms with van der Waals surface area (Å²) in [6, 6.07) is 4.93. The molecule has 0 unspecified atom stereocenters. The van der Waals surface area contributed by atoms with Crippen LogP contribution in [0, 0.1) is 10.1 Å². The van der Waals surface area contributed by atoms with E-state index in [0.717, 1.165) is 24.2 Å². The summed E-state index contributed by atoms with van der Waals surface area (Å²) in [7, 11) is 3.48. The predicted octanol–water partition coefficient (Wildman–Crippen LogP) is 1.44. The van der Waals surface area contributed by atoms with E-state index in [2.05, 4.69) is 4.90 Å². The van der Waals surface area contributed by atoms with Crippen molar-refractivity contribution in [1.82, 2.24) is 4.90 Å². The molecule has 2 rings (SSSR count). The van der Waals surface area contributed by atoms with Gasteiger partial charge in [-0.05, 0) is 18.1 Å². The molecule has 0 fully saturated rings. The third kappa shape index (κ3) is 2.83. The van der Waals surface area contributed by atoms with Crippen LogP contribution in [0.2, 0.25) is 0 Å². The van der Waals surface area contributed by atoms with Gasteiger partial charge in [-0.1, -0.05) is 0 Å². The lowest BCUT2D eigenvalue weighted by atomic mass is 10.1. The van der Waals surface area contributed by atoms with Crippen LogP contribution in [0.1, 0.15) is 12.0 Å². The Kier molecular flexibility index (Phi) is 3.69. The van der Waals surface area contributed by atoms with Crippen LogP contribution in [-0.4, -0.2) is 42.9 Å². The molecule has 0 N–H and O–H groups in total. The molecule has 1 aromatic carbocycles. The van der Waals surface area contributed by atoms with E-state index < -0.39 is 0 Å². The topological polar surface area (TPSA) is 66.7 Å². The van der Waals surface area contributed by atoms with Crippen molar-refractivity contribution >= 4 is 17.3 Å². The summed E-state index contributed by atoms with van der Waals surface area (Å²) in [6.45, 7) is 1.47. The maximum Gasteiger partial charge on any atom is 0.269 e. The van der Waals surface area contributed by atoms with Gasteiger partial charge in [0.2, 0.25) is 5.91 Å². The Balaban J connectivity index is 2.06. The van der Waals surface area contributed by atoms with Crippen molar-refractivity contribution in [1.29, 1.82) is 0 Å². The smallest absolute Gasteiger partial charge is 0.269 e. The van der Waals surface area contributed by atoms with E-state index in [9.17, 15) is 14.9 Å². The minimum absolute atomic E-state index is 0.0929. The largest absolute Gasteiger partial charge is 0.370 e. The first-order chi connectivity index (χ1) is 8.99. The van der Waals surface area contributed by atoms with Crippen LogP contribution < -0.4 is 4.90 Å². The highest BCUT2D eigenvalue weighted by Gasteiger charge is 2.22. The Morgan fingerprint density at radius 2 is 2.21 bits per heavy atom. The van der Waals surface area contributed by atoms with Crippen LogP contribution in [0.25, 0.3) is 0 Å². The van der Waals surface area contributed by atoms with Gasteiger partial charge < -0.3 is 9.80 Å². The maximum absolute atomic E-state index is 11.6. The molecule has 0 atom stereocenters. The van der Waals surface area contributed by atoms with Crippen LogP contribution in [0.15, 0.2) is 18.2 Å². The van der Waals surface area contributed by atoms with E-state index in [-0.39, 0.29) is 16.5 Å². The molecule has 0 saturated heterocycles. The Bertz CT molecular complexity index is 514. The molecule has 6 nitrogen and oxygen atoms in total. The fraction of sp³-hybridized carbons (Fsp3) is 0.462. The number of non-ortho nitro benzene ring substituents is 1. The van der Waals surface area contributed by atoms with Gasteiger partial charge in [-0.25, -0.2) is 0 Å². The molecule has 0 bridgehead atoms. The lowest BCUT2D eigenvalue weighted by Gasteiger charge is -2.20. The Labute approximate surface area is 111 Å². The van der Waals surface area contributed by atoms with Crippen molar-refractivity contribution < 1.29 is 9.72 Å². The SMILES string of the molecule is CN(C)C(=O)CCN1CCc2cc([N+](=O)[O-])ccc21. The number of amides is 1. The lowest BCUT2D eigenvalue weighted by molar-refractivity contribution is -0.384. The molecule has 19 heavy (non-hydrogen) atoms. The zero-order chi connectivity index (χ0) is 14.0. The van der Waals surface area contributed by atoms with Crippen molar-refractivity contribution in [2.45, 2.75) is 12.8 Å². The van der Waals surface area contributed by atoms with Crippen molar-refractivity contribution in [3.8, 4) is 0 Å². The molecular formula is C13H17N3O3. The van der Waals surface area contributed by atoms with Gasteiger partial charge in [-0.3, -0.25) is 14.9 Å². The minimum Gasteiger partial charge on any atom is -0.370 e. The van der Waals surface area contributed by atoms with Crippen LogP contribution >= 0.6 is 0 Å². The lowest BCUT2D eigenvalue weighted by Crippen LogP contribution is -2.29. The number of nitro benzene ring substituents is 1. The van der Waals surface area contributed by atoms with Gasteiger partial charge in [0.1, 0.15) is 0 Å². The average molecular weight is 263 g/mol. The van der Waals surface area contributed by atoms with Crippen LogP contribution in [0.5, 0.6) is 0 Å². The van der Waals surface area contributed by atoms with E-state index in [1.54, 1.807) is 31.1 Å². The van der Waals surface area contributed by atoms with Gasteiger partial charge in [-0.2, -0.15) is 0 Å². The molecule has 0 aromatic heterocycles. The first-order valence-electron chi connectivity index (χ1n) is 6.21. The summed E-state index contributed by atoms with van der Waals surface area (Å²) in [5.41, 5.74) is 2.13. The minimum atomic E-state index is -0.376. The summed E-state index contributed by atoms with van der Waals surface area (Å²) >= 11 is 0. The number of fused-ring (bicyclic) bond motifs is 1. The fourth-order valence-corrected chi connectivity index (χ4v) is 2.26.